The first-order valence-electron chi connectivity index (χ1n) is 3.53. The van der Waals surface area contributed by atoms with Crippen LogP contribution in [-0.4, -0.2) is 22.0 Å². The Hall–Kier alpha value is -1.11. The number of aromatic nitrogens is 1. The molecule has 0 aliphatic carbocycles. The highest BCUT2D eigenvalue weighted by Gasteiger charge is 2.50. The first-order valence-corrected chi connectivity index (χ1v) is 4.41. The summed E-state index contributed by atoms with van der Waals surface area (Å²) in [5.41, 5.74) is -0.542. The maximum atomic E-state index is 13.0. The van der Waals surface area contributed by atoms with Gasteiger partial charge in [0.15, 0.2) is 0 Å². The number of carboxylic acids is 1. The first-order chi connectivity index (χ1) is 6.35. The Kier molecular flexibility index (Phi) is 2.79. The van der Waals surface area contributed by atoms with E-state index in [9.17, 15) is 18.0 Å². The van der Waals surface area contributed by atoms with Gasteiger partial charge in [-0.05, 0) is 6.92 Å². The highest BCUT2D eigenvalue weighted by molar-refractivity contribution is 7.09. The standard InChI is InChI=1S/C7H6F3NO2S/c1-3-11-4(2-14-3)5(8)7(9,10)6(12)13/h2,5H,1H3,(H,12,13). The molecule has 0 radical (unpaired) electrons. The molecule has 0 saturated heterocycles. The van der Waals surface area contributed by atoms with E-state index in [1.807, 2.05) is 0 Å². The molecule has 0 aliphatic heterocycles. The van der Waals surface area contributed by atoms with Crippen molar-refractivity contribution < 1.29 is 23.1 Å². The second-order valence-corrected chi connectivity index (χ2v) is 3.64. The van der Waals surface area contributed by atoms with Crippen LogP contribution in [0.1, 0.15) is 16.9 Å². The number of rotatable bonds is 3. The Balaban J connectivity index is 2.95. The topological polar surface area (TPSA) is 50.2 Å². The Morgan fingerprint density at radius 2 is 2.29 bits per heavy atom. The van der Waals surface area contributed by atoms with Gasteiger partial charge in [-0.15, -0.1) is 11.3 Å². The van der Waals surface area contributed by atoms with Gasteiger partial charge in [-0.25, -0.2) is 14.2 Å². The fraction of sp³-hybridized carbons (Fsp3) is 0.429. The third-order valence-electron chi connectivity index (χ3n) is 1.50. The van der Waals surface area contributed by atoms with Crippen molar-refractivity contribution in [2.24, 2.45) is 0 Å². The fourth-order valence-corrected chi connectivity index (χ4v) is 1.41. The van der Waals surface area contributed by atoms with Crippen LogP contribution in [0.4, 0.5) is 13.2 Å². The lowest BCUT2D eigenvalue weighted by atomic mass is 10.1. The van der Waals surface area contributed by atoms with E-state index >= 15 is 0 Å². The minimum atomic E-state index is -4.43. The van der Waals surface area contributed by atoms with Gasteiger partial charge in [0.2, 0.25) is 6.17 Å². The number of nitrogens with zero attached hydrogens (tertiary/aromatic N) is 1. The second-order valence-electron chi connectivity index (χ2n) is 2.58. The largest absolute Gasteiger partial charge is 0.477 e. The molecule has 1 rings (SSSR count). The third-order valence-corrected chi connectivity index (χ3v) is 2.29. The molecule has 78 valence electrons. The summed E-state index contributed by atoms with van der Waals surface area (Å²) < 4.78 is 38.2. The van der Waals surface area contributed by atoms with E-state index in [2.05, 4.69) is 4.98 Å². The van der Waals surface area contributed by atoms with Gasteiger partial charge < -0.3 is 5.11 Å². The van der Waals surface area contributed by atoms with E-state index in [4.69, 9.17) is 5.11 Å². The Labute approximate surface area is 81.2 Å². The lowest BCUT2D eigenvalue weighted by molar-refractivity contribution is -0.175. The number of carboxylic acid groups (broad SMARTS) is 1. The zero-order valence-corrected chi connectivity index (χ0v) is 7.82. The molecule has 0 amide bonds. The number of alkyl halides is 3. The van der Waals surface area contributed by atoms with Gasteiger partial charge in [-0.3, -0.25) is 0 Å². The van der Waals surface area contributed by atoms with E-state index in [1.165, 1.54) is 6.92 Å². The van der Waals surface area contributed by atoms with Crippen LogP contribution in [0, 0.1) is 6.92 Å². The van der Waals surface area contributed by atoms with E-state index in [-0.39, 0.29) is 0 Å². The summed E-state index contributed by atoms with van der Waals surface area (Å²) in [7, 11) is 0. The number of aryl methyl sites for hydroxylation is 1. The maximum Gasteiger partial charge on any atom is 0.378 e. The zero-order chi connectivity index (χ0) is 10.9. The lowest BCUT2D eigenvalue weighted by Crippen LogP contribution is -2.33. The predicted molar refractivity (Wildman–Crippen MR) is 43.3 cm³/mol. The van der Waals surface area contributed by atoms with Crippen LogP contribution in [0.2, 0.25) is 0 Å². The van der Waals surface area contributed by atoms with E-state index in [1.54, 1.807) is 0 Å². The molecule has 0 saturated carbocycles. The molecule has 0 fully saturated rings. The number of aliphatic carboxylic acids is 1. The van der Waals surface area contributed by atoms with Crippen molar-refractivity contribution in [3.8, 4) is 0 Å². The molecule has 1 aromatic rings. The molecule has 0 spiro atoms. The summed E-state index contributed by atoms with van der Waals surface area (Å²) in [6.07, 6.45) is -2.90. The quantitative estimate of drug-likeness (QED) is 0.857. The maximum absolute atomic E-state index is 13.0. The van der Waals surface area contributed by atoms with Gasteiger partial charge in [0, 0.05) is 5.38 Å². The van der Waals surface area contributed by atoms with Gasteiger partial charge in [-0.2, -0.15) is 8.78 Å². The van der Waals surface area contributed by atoms with Gasteiger partial charge in [-0.1, -0.05) is 0 Å². The Morgan fingerprint density at radius 3 is 2.64 bits per heavy atom. The van der Waals surface area contributed by atoms with Crippen molar-refractivity contribution in [1.82, 2.24) is 4.98 Å². The SMILES string of the molecule is Cc1nc(C(F)C(F)(F)C(=O)O)cs1. The summed E-state index contributed by atoms with van der Waals surface area (Å²) in [5, 5.41) is 9.55. The molecule has 1 atom stereocenters. The van der Waals surface area contributed by atoms with Gasteiger partial charge in [0.25, 0.3) is 0 Å². The van der Waals surface area contributed by atoms with Crippen molar-refractivity contribution in [2.75, 3.05) is 0 Å². The van der Waals surface area contributed by atoms with Crippen LogP contribution < -0.4 is 0 Å². The summed E-state index contributed by atoms with van der Waals surface area (Å²) in [5.74, 6) is -6.92. The van der Waals surface area contributed by atoms with Crippen molar-refractivity contribution in [3.63, 3.8) is 0 Å². The third kappa shape index (κ3) is 1.87. The van der Waals surface area contributed by atoms with E-state index in [0.717, 1.165) is 16.7 Å². The number of hydrogen-bond acceptors (Lipinski definition) is 3. The molecule has 0 aliphatic rings. The van der Waals surface area contributed by atoms with Crippen LogP contribution in [0.5, 0.6) is 0 Å². The van der Waals surface area contributed by atoms with Crippen LogP contribution in [-0.2, 0) is 4.79 Å². The van der Waals surface area contributed by atoms with Crippen LogP contribution in [0.25, 0.3) is 0 Å². The molecule has 1 heterocycles. The number of thiazole rings is 1. The summed E-state index contributed by atoms with van der Waals surface area (Å²) in [4.78, 5) is 13.5. The number of hydrogen-bond donors (Lipinski definition) is 1. The van der Waals surface area contributed by atoms with Crippen molar-refractivity contribution in [2.45, 2.75) is 19.0 Å². The van der Waals surface area contributed by atoms with Crippen LogP contribution in [0.15, 0.2) is 5.38 Å². The van der Waals surface area contributed by atoms with Crippen molar-refractivity contribution in [1.29, 1.82) is 0 Å². The van der Waals surface area contributed by atoms with Crippen LogP contribution in [0.3, 0.4) is 0 Å². The molecule has 14 heavy (non-hydrogen) atoms. The molecule has 1 unspecified atom stereocenters. The number of halogens is 3. The lowest BCUT2D eigenvalue weighted by Gasteiger charge is -2.13. The molecule has 7 heteroatoms. The van der Waals surface area contributed by atoms with Crippen molar-refractivity contribution in [3.05, 3.63) is 16.1 Å². The molecular weight excluding hydrogens is 219 g/mol. The molecule has 0 aromatic carbocycles. The zero-order valence-electron chi connectivity index (χ0n) is 7.00. The molecule has 0 bridgehead atoms. The molecule has 3 nitrogen and oxygen atoms in total. The van der Waals surface area contributed by atoms with E-state index in [0.29, 0.717) is 5.01 Å². The summed E-state index contributed by atoms with van der Waals surface area (Å²) in [6, 6.07) is 0. The highest BCUT2D eigenvalue weighted by Crippen LogP contribution is 2.35. The normalized spacial score (nSPS) is 14.0. The smallest absolute Gasteiger partial charge is 0.378 e. The minimum absolute atomic E-state index is 0.406. The monoisotopic (exact) mass is 225 g/mol. The van der Waals surface area contributed by atoms with Crippen molar-refractivity contribution >= 4 is 17.3 Å². The Morgan fingerprint density at radius 1 is 1.71 bits per heavy atom. The molecular formula is C7H6F3NO2S. The highest BCUT2D eigenvalue weighted by atomic mass is 32.1. The minimum Gasteiger partial charge on any atom is -0.477 e. The summed E-state index contributed by atoms with van der Waals surface area (Å²) >= 11 is 0.983. The predicted octanol–water partition coefficient (Wildman–Crippen LogP) is 2.18. The average molecular weight is 225 g/mol. The molecule has 1 N–H and O–H groups in total. The first kappa shape index (κ1) is 11.0. The van der Waals surface area contributed by atoms with Crippen LogP contribution >= 0.6 is 11.3 Å². The fourth-order valence-electron chi connectivity index (χ4n) is 0.791. The second kappa shape index (κ2) is 3.56. The summed E-state index contributed by atoms with van der Waals surface area (Å²) in [6.45, 7) is 1.51. The van der Waals surface area contributed by atoms with E-state index < -0.39 is 23.8 Å². The van der Waals surface area contributed by atoms with Gasteiger partial charge >= 0.3 is 11.9 Å². The van der Waals surface area contributed by atoms with Gasteiger partial charge in [0.05, 0.1) is 10.7 Å². The van der Waals surface area contributed by atoms with Gasteiger partial charge in [0.1, 0.15) is 0 Å². The average Bonchev–Trinajstić information content (AvgIpc) is 2.50. The Bertz CT molecular complexity index is 352. The molecule has 1 aromatic heterocycles. The number of carbonyl (C=O) groups is 1.